The SMILES string of the molecule is CC(Nc1cc(NN)cc([N+](=O)[O-])c1)c1ccncc1. The van der Waals surface area contributed by atoms with E-state index in [0.29, 0.717) is 11.4 Å². The fourth-order valence-corrected chi connectivity index (χ4v) is 1.87. The number of non-ortho nitro benzene ring substituents is 1. The lowest BCUT2D eigenvalue weighted by atomic mass is 10.1. The van der Waals surface area contributed by atoms with Gasteiger partial charge in [0, 0.05) is 36.3 Å². The zero-order valence-electron chi connectivity index (χ0n) is 10.9. The highest BCUT2D eigenvalue weighted by Gasteiger charge is 2.11. The first-order valence-electron chi connectivity index (χ1n) is 6.02. The van der Waals surface area contributed by atoms with Crippen molar-refractivity contribution in [1.82, 2.24) is 4.98 Å². The summed E-state index contributed by atoms with van der Waals surface area (Å²) in [5.41, 5.74) is 4.53. The van der Waals surface area contributed by atoms with E-state index in [1.165, 1.54) is 12.1 Å². The molecule has 20 heavy (non-hydrogen) atoms. The molecule has 0 radical (unpaired) electrons. The molecule has 1 heterocycles. The highest BCUT2D eigenvalue weighted by atomic mass is 16.6. The largest absolute Gasteiger partial charge is 0.378 e. The lowest BCUT2D eigenvalue weighted by Gasteiger charge is -2.16. The minimum atomic E-state index is -0.455. The third-order valence-corrected chi connectivity index (χ3v) is 2.88. The maximum Gasteiger partial charge on any atom is 0.273 e. The van der Waals surface area contributed by atoms with Crippen molar-refractivity contribution in [3.8, 4) is 0 Å². The fraction of sp³-hybridized carbons (Fsp3) is 0.154. The first kappa shape index (κ1) is 13.8. The van der Waals surface area contributed by atoms with Gasteiger partial charge in [0.1, 0.15) is 0 Å². The molecule has 1 atom stereocenters. The maximum absolute atomic E-state index is 10.9. The number of anilines is 2. The quantitative estimate of drug-likeness (QED) is 0.439. The van der Waals surface area contributed by atoms with Crippen molar-refractivity contribution in [1.29, 1.82) is 0 Å². The number of nitro benzene ring substituents is 1. The van der Waals surface area contributed by atoms with Crippen molar-refractivity contribution in [2.45, 2.75) is 13.0 Å². The van der Waals surface area contributed by atoms with Crippen LogP contribution in [-0.4, -0.2) is 9.91 Å². The van der Waals surface area contributed by atoms with Crippen molar-refractivity contribution in [2.24, 2.45) is 5.84 Å². The summed E-state index contributed by atoms with van der Waals surface area (Å²) in [4.78, 5) is 14.4. The zero-order valence-corrected chi connectivity index (χ0v) is 10.9. The van der Waals surface area contributed by atoms with E-state index in [0.717, 1.165) is 5.56 Å². The van der Waals surface area contributed by atoms with Crippen molar-refractivity contribution in [3.63, 3.8) is 0 Å². The summed E-state index contributed by atoms with van der Waals surface area (Å²) in [5.74, 6) is 5.32. The summed E-state index contributed by atoms with van der Waals surface area (Å²) in [6.45, 7) is 1.96. The van der Waals surface area contributed by atoms with E-state index in [4.69, 9.17) is 5.84 Å². The van der Waals surface area contributed by atoms with E-state index in [2.05, 4.69) is 15.7 Å². The van der Waals surface area contributed by atoms with E-state index >= 15 is 0 Å². The lowest BCUT2D eigenvalue weighted by molar-refractivity contribution is -0.384. The molecule has 2 rings (SSSR count). The minimum absolute atomic E-state index is 0.00868. The second kappa shape index (κ2) is 5.98. The average molecular weight is 273 g/mol. The second-order valence-electron chi connectivity index (χ2n) is 4.32. The summed E-state index contributed by atoms with van der Waals surface area (Å²) in [6, 6.07) is 8.32. The first-order valence-corrected chi connectivity index (χ1v) is 6.02. The Labute approximate surface area is 116 Å². The molecule has 0 amide bonds. The third-order valence-electron chi connectivity index (χ3n) is 2.88. The van der Waals surface area contributed by atoms with Gasteiger partial charge in [0.25, 0.3) is 5.69 Å². The molecule has 0 aliphatic carbocycles. The molecule has 1 aromatic carbocycles. The predicted molar refractivity (Wildman–Crippen MR) is 77.2 cm³/mol. The molecule has 0 aliphatic rings. The van der Waals surface area contributed by atoms with Crippen LogP contribution in [0.1, 0.15) is 18.5 Å². The number of pyridine rings is 1. The number of nitrogens with two attached hydrogens (primary N) is 1. The number of hydrogen-bond donors (Lipinski definition) is 3. The van der Waals surface area contributed by atoms with Crippen LogP contribution in [0.3, 0.4) is 0 Å². The standard InChI is InChI=1S/C13H15N5O2/c1-9(10-2-4-15-5-3-10)16-11-6-12(17-14)8-13(7-11)18(19)20/h2-9,16-17H,14H2,1H3. The zero-order chi connectivity index (χ0) is 14.5. The molecule has 0 bridgehead atoms. The smallest absolute Gasteiger partial charge is 0.273 e. The maximum atomic E-state index is 10.9. The topological polar surface area (TPSA) is 106 Å². The number of benzene rings is 1. The van der Waals surface area contributed by atoms with E-state index in [1.807, 2.05) is 19.1 Å². The second-order valence-corrected chi connectivity index (χ2v) is 4.32. The monoisotopic (exact) mass is 273 g/mol. The molecule has 7 nitrogen and oxygen atoms in total. The predicted octanol–water partition coefficient (Wildman–Crippen LogP) is 2.45. The Kier molecular flexibility index (Phi) is 4.11. The Morgan fingerprint density at radius 3 is 2.50 bits per heavy atom. The van der Waals surface area contributed by atoms with Gasteiger partial charge in [0.2, 0.25) is 0 Å². The number of nitrogen functional groups attached to an aromatic ring is 1. The summed E-state index contributed by atoms with van der Waals surface area (Å²) < 4.78 is 0. The normalized spacial score (nSPS) is 11.7. The fourth-order valence-electron chi connectivity index (χ4n) is 1.87. The third kappa shape index (κ3) is 3.21. The summed E-state index contributed by atoms with van der Waals surface area (Å²) in [6.07, 6.45) is 3.40. The van der Waals surface area contributed by atoms with Gasteiger partial charge < -0.3 is 10.7 Å². The average Bonchev–Trinajstić information content (AvgIpc) is 2.47. The first-order chi connectivity index (χ1) is 9.60. The van der Waals surface area contributed by atoms with Gasteiger partial charge in [-0.15, -0.1) is 0 Å². The Morgan fingerprint density at radius 2 is 1.90 bits per heavy atom. The lowest BCUT2D eigenvalue weighted by Crippen LogP contribution is -2.10. The molecule has 1 unspecified atom stereocenters. The highest BCUT2D eigenvalue weighted by molar-refractivity contribution is 5.63. The van der Waals surface area contributed by atoms with Crippen LogP contribution >= 0.6 is 0 Å². The van der Waals surface area contributed by atoms with Crippen molar-refractivity contribution < 1.29 is 4.92 Å². The van der Waals surface area contributed by atoms with Crippen molar-refractivity contribution >= 4 is 17.1 Å². The van der Waals surface area contributed by atoms with E-state index < -0.39 is 4.92 Å². The number of nitro groups is 1. The number of aromatic nitrogens is 1. The molecular weight excluding hydrogens is 258 g/mol. The molecule has 0 fully saturated rings. The number of nitrogens with one attached hydrogen (secondary N) is 2. The number of nitrogens with zero attached hydrogens (tertiary/aromatic N) is 2. The van der Waals surface area contributed by atoms with E-state index in [-0.39, 0.29) is 11.7 Å². The van der Waals surface area contributed by atoms with Crippen LogP contribution in [0.2, 0.25) is 0 Å². The van der Waals surface area contributed by atoms with Gasteiger partial charge in [-0.2, -0.15) is 0 Å². The molecule has 0 saturated heterocycles. The van der Waals surface area contributed by atoms with Gasteiger partial charge >= 0.3 is 0 Å². The van der Waals surface area contributed by atoms with Gasteiger partial charge in [0.15, 0.2) is 0 Å². The van der Waals surface area contributed by atoms with Crippen LogP contribution in [0.5, 0.6) is 0 Å². The van der Waals surface area contributed by atoms with Crippen LogP contribution in [0.25, 0.3) is 0 Å². The van der Waals surface area contributed by atoms with Crippen molar-refractivity contribution in [3.05, 3.63) is 58.4 Å². The van der Waals surface area contributed by atoms with Crippen LogP contribution < -0.4 is 16.6 Å². The summed E-state index contributed by atoms with van der Waals surface area (Å²) >= 11 is 0. The number of hydrogen-bond acceptors (Lipinski definition) is 6. The minimum Gasteiger partial charge on any atom is -0.378 e. The van der Waals surface area contributed by atoms with Crippen molar-refractivity contribution in [2.75, 3.05) is 10.7 Å². The Balaban J connectivity index is 2.24. The Bertz CT molecular complexity index is 603. The van der Waals surface area contributed by atoms with E-state index in [9.17, 15) is 10.1 Å². The molecule has 7 heteroatoms. The highest BCUT2D eigenvalue weighted by Crippen LogP contribution is 2.26. The van der Waals surface area contributed by atoms with Crippen LogP contribution in [0.4, 0.5) is 17.1 Å². The summed E-state index contributed by atoms with van der Waals surface area (Å²) in [7, 11) is 0. The molecule has 104 valence electrons. The number of rotatable bonds is 5. The Hall–Kier alpha value is -2.67. The van der Waals surface area contributed by atoms with E-state index in [1.54, 1.807) is 18.5 Å². The summed E-state index contributed by atoms with van der Waals surface area (Å²) in [5, 5.41) is 14.1. The molecule has 1 aromatic heterocycles. The molecule has 0 saturated carbocycles. The molecule has 2 aromatic rings. The molecular formula is C13H15N5O2. The van der Waals surface area contributed by atoms with Crippen LogP contribution in [-0.2, 0) is 0 Å². The van der Waals surface area contributed by atoms with Crippen LogP contribution in [0.15, 0.2) is 42.7 Å². The van der Waals surface area contributed by atoms with Gasteiger partial charge in [-0.25, -0.2) is 0 Å². The molecule has 0 spiro atoms. The van der Waals surface area contributed by atoms with Gasteiger partial charge in [0.05, 0.1) is 10.6 Å². The van der Waals surface area contributed by atoms with Gasteiger partial charge in [-0.1, -0.05) is 0 Å². The number of hydrazine groups is 1. The molecule has 0 aliphatic heterocycles. The van der Waals surface area contributed by atoms with Gasteiger partial charge in [-0.3, -0.25) is 20.9 Å². The van der Waals surface area contributed by atoms with Gasteiger partial charge in [-0.05, 0) is 30.7 Å². The molecule has 4 N–H and O–H groups in total. The Morgan fingerprint density at radius 1 is 1.25 bits per heavy atom. The van der Waals surface area contributed by atoms with Crippen LogP contribution in [0, 0.1) is 10.1 Å².